The van der Waals surface area contributed by atoms with E-state index < -0.39 is 5.54 Å². The Morgan fingerprint density at radius 1 is 0.795 bits per heavy atom. The lowest BCUT2D eigenvalue weighted by molar-refractivity contribution is 0.183. The van der Waals surface area contributed by atoms with Gasteiger partial charge in [0.2, 0.25) is 0 Å². The minimum Gasteiger partial charge on any atom is -0.378 e. The first kappa shape index (κ1) is 25.0. The lowest BCUT2D eigenvalue weighted by atomic mass is 9.77. The van der Waals surface area contributed by atoms with Crippen LogP contribution in [0.1, 0.15) is 28.1 Å². The first-order valence-electron chi connectivity index (χ1n) is 12.8. The molecule has 0 spiro atoms. The van der Waals surface area contributed by atoms with Crippen LogP contribution in [-0.4, -0.2) is 26.9 Å². The molecule has 0 atom stereocenters. The summed E-state index contributed by atoms with van der Waals surface area (Å²) in [5.74, 6) is 0. The third-order valence-electron chi connectivity index (χ3n) is 7.05. The van der Waals surface area contributed by atoms with Crippen LogP contribution in [0.4, 0.5) is 0 Å². The summed E-state index contributed by atoms with van der Waals surface area (Å²) in [5.41, 5.74) is 6.68. The van der Waals surface area contributed by atoms with Crippen molar-refractivity contribution in [2.75, 3.05) is 7.11 Å². The zero-order valence-corrected chi connectivity index (χ0v) is 22.5. The van der Waals surface area contributed by atoms with E-state index in [0.29, 0.717) is 11.8 Å². The molecule has 6 aromatic rings. The largest absolute Gasteiger partial charge is 0.378 e. The second kappa shape index (κ2) is 10.4. The highest BCUT2D eigenvalue weighted by Crippen LogP contribution is 2.44. The molecule has 0 aliphatic carbocycles. The van der Waals surface area contributed by atoms with Crippen LogP contribution in [0.2, 0.25) is 5.15 Å². The molecule has 0 aliphatic rings. The van der Waals surface area contributed by atoms with E-state index in [1.54, 1.807) is 7.11 Å². The van der Waals surface area contributed by atoms with Crippen molar-refractivity contribution in [2.24, 2.45) is 0 Å². The zero-order chi connectivity index (χ0) is 26.8. The number of hydrogen-bond acceptors (Lipinski definition) is 4. The number of nitrogens with zero attached hydrogens (tertiary/aromatic N) is 4. The number of rotatable bonds is 7. The molecule has 0 radical (unpaired) electrons. The normalized spacial score (nSPS) is 11.7. The molecule has 6 rings (SSSR count). The van der Waals surface area contributed by atoms with E-state index in [1.807, 2.05) is 49.5 Å². The van der Waals surface area contributed by atoms with E-state index in [-0.39, 0.29) is 0 Å². The molecule has 0 unspecified atom stereocenters. The van der Waals surface area contributed by atoms with Crippen molar-refractivity contribution in [3.8, 4) is 11.3 Å². The van der Waals surface area contributed by atoms with Gasteiger partial charge in [0.1, 0.15) is 16.4 Å². The van der Waals surface area contributed by atoms with Crippen molar-refractivity contribution in [1.29, 1.82) is 0 Å². The number of ether oxygens (including phenoxy) is 1. The van der Waals surface area contributed by atoms with E-state index in [1.165, 1.54) is 0 Å². The smallest absolute Gasteiger partial charge is 0.138 e. The molecule has 0 saturated carbocycles. The van der Waals surface area contributed by atoms with E-state index in [9.17, 15) is 0 Å². The number of aromatic nitrogens is 4. The summed E-state index contributed by atoms with van der Waals surface area (Å²) in [5, 5.41) is 6.71. The maximum atomic E-state index is 6.68. The highest BCUT2D eigenvalue weighted by atomic mass is 35.5. The molecular weight excluding hydrogens is 504 g/mol. The summed E-state index contributed by atoms with van der Waals surface area (Å²) < 4.78 is 7.70. The molecule has 3 aromatic carbocycles. The van der Waals surface area contributed by atoms with Gasteiger partial charge in [-0.3, -0.25) is 4.98 Å². The van der Waals surface area contributed by atoms with Gasteiger partial charge in [0.05, 0.1) is 23.2 Å². The molecule has 6 heteroatoms. The average Bonchev–Trinajstić information content (AvgIpc) is 3.35. The molecule has 0 aliphatic heterocycles. The third kappa shape index (κ3) is 4.30. The summed E-state index contributed by atoms with van der Waals surface area (Å²) in [4.78, 5) is 9.11. The SMILES string of the molecule is COCc1nc(Cl)cc2c1c(-c1ccnc(C)c1)nn2C(c1ccccc1)(c1ccccc1)c1ccccc1. The van der Waals surface area contributed by atoms with Crippen molar-refractivity contribution < 1.29 is 4.74 Å². The van der Waals surface area contributed by atoms with Gasteiger partial charge in [-0.25, -0.2) is 9.67 Å². The maximum absolute atomic E-state index is 6.68. The van der Waals surface area contributed by atoms with Crippen molar-refractivity contribution in [3.05, 3.63) is 149 Å². The van der Waals surface area contributed by atoms with Gasteiger partial charge in [0, 0.05) is 30.6 Å². The Balaban J connectivity index is 1.83. The Bertz CT molecular complexity index is 1640. The number of methoxy groups -OCH3 is 1. The second-order valence-electron chi connectivity index (χ2n) is 9.47. The van der Waals surface area contributed by atoms with Crippen molar-refractivity contribution in [2.45, 2.75) is 19.1 Å². The van der Waals surface area contributed by atoms with Gasteiger partial charge in [-0.1, -0.05) is 103 Å². The van der Waals surface area contributed by atoms with Gasteiger partial charge >= 0.3 is 0 Å². The van der Waals surface area contributed by atoms with Crippen molar-refractivity contribution in [1.82, 2.24) is 19.7 Å². The molecular formula is C33H27ClN4O. The van der Waals surface area contributed by atoms with E-state index >= 15 is 0 Å². The Kier molecular flexibility index (Phi) is 6.69. The first-order chi connectivity index (χ1) is 19.1. The topological polar surface area (TPSA) is 52.8 Å². The van der Waals surface area contributed by atoms with Gasteiger partial charge < -0.3 is 4.74 Å². The molecule has 0 N–H and O–H groups in total. The predicted octanol–water partition coefficient (Wildman–Crippen LogP) is 7.44. The molecule has 3 aromatic heterocycles. The van der Waals surface area contributed by atoms with Crippen molar-refractivity contribution in [3.63, 3.8) is 0 Å². The van der Waals surface area contributed by atoms with Gasteiger partial charge in [-0.15, -0.1) is 0 Å². The molecule has 0 amide bonds. The third-order valence-corrected chi connectivity index (χ3v) is 7.24. The fraction of sp³-hybridized carbons (Fsp3) is 0.121. The minimum atomic E-state index is -0.808. The van der Waals surface area contributed by atoms with Crippen LogP contribution in [0.3, 0.4) is 0 Å². The van der Waals surface area contributed by atoms with E-state index in [0.717, 1.165) is 50.2 Å². The number of aryl methyl sites for hydroxylation is 1. The quantitative estimate of drug-likeness (QED) is 0.159. The monoisotopic (exact) mass is 530 g/mol. The lowest BCUT2D eigenvalue weighted by Gasteiger charge is -2.37. The molecule has 0 fully saturated rings. The molecule has 5 nitrogen and oxygen atoms in total. The first-order valence-corrected chi connectivity index (χ1v) is 13.2. The van der Waals surface area contributed by atoms with Crippen LogP contribution in [0.15, 0.2) is 115 Å². The number of hydrogen-bond donors (Lipinski definition) is 0. The van der Waals surface area contributed by atoms with Gasteiger partial charge in [0.25, 0.3) is 0 Å². The van der Waals surface area contributed by atoms with Crippen LogP contribution in [-0.2, 0) is 16.9 Å². The van der Waals surface area contributed by atoms with E-state index in [2.05, 4.69) is 87.4 Å². The summed E-state index contributed by atoms with van der Waals surface area (Å²) in [6, 6.07) is 37.4. The van der Waals surface area contributed by atoms with E-state index in [4.69, 9.17) is 21.4 Å². The molecule has 0 saturated heterocycles. The lowest BCUT2D eigenvalue weighted by Crippen LogP contribution is -2.38. The van der Waals surface area contributed by atoms with Gasteiger partial charge in [-0.2, -0.15) is 5.10 Å². The number of benzene rings is 3. The fourth-order valence-corrected chi connectivity index (χ4v) is 5.68. The average molecular weight is 531 g/mol. The number of pyridine rings is 2. The second-order valence-corrected chi connectivity index (χ2v) is 9.86. The molecule has 0 bridgehead atoms. The van der Waals surface area contributed by atoms with Gasteiger partial charge in [-0.05, 0) is 35.7 Å². The van der Waals surface area contributed by atoms with Crippen LogP contribution in [0.25, 0.3) is 22.2 Å². The summed E-state index contributed by atoms with van der Waals surface area (Å²) >= 11 is 6.68. The summed E-state index contributed by atoms with van der Waals surface area (Å²) in [6.07, 6.45) is 1.81. The Morgan fingerprint density at radius 2 is 1.36 bits per heavy atom. The Labute approximate surface area is 232 Å². The van der Waals surface area contributed by atoms with Gasteiger partial charge in [0.15, 0.2) is 0 Å². The van der Waals surface area contributed by atoms with Crippen LogP contribution in [0, 0.1) is 6.92 Å². The van der Waals surface area contributed by atoms with Crippen LogP contribution >= 0.6 is 11.6 Å². The minimum absolute atomic E-state index is 0.300. The molecule has 39 heavy (non-hydrogen) atoms. The van der Waals surface area contributed by atoms with Crippen molar-refractivity contribution >= 4 is 22.5 Å². The fourth-order valence-electron chi connectivity index (χ4n) is 5.48. The maximum Gasteiger partial charge on any atom is 0.138 e. The standard InChI is InChI=1S/C33H27ClN4O/c1-23-20-24(18-19-35-23)32-31-28(22-39-2)36-30(34)21-29(31)38(37-32)33(25-12-6-3-7-13-25,26-14-8-4-9-15-26)27-16-10-5-11-17-27/h3-21H,22H2,1-2H3. The highest BCUT2D eigenvalue weighted by molar-refractivity contribution is 6.30. The Hall–Kier alpha value is -4.32. The predicted molar refractivity (Wildman–Crippen MR) is 156 cm³/mol. The molecule has 192 valence electrons. The number of fused-ring (bicyclic) bond motifs is 1. The Morgan fingerprint density at radius 3 is 1.87 bits per heavy atom. The molecule has 3 heterocycles. The van der Waals surface area contributed by atoms with Crippen LogP contribution < -0.4 is 0 Å². The summed E-state index contributed by atoms with van der Waals surface area (Å²) in [7, 11) is 1.66. The summed E-state index contributed by atoms with van der Waals surface area (Å²) in [6.45, 7) is 2.28. The zero-order valence-electron chi connectivity index (χ0n) is 21.8. The highest BCUT2D eigenvalue weighted by Gasteiger charge is 2.41. The number of halogens is 1. The van der Waals surface area contributed by atoms with Crippen LogP contribution in [0.5, 0.6) is 0 Å².